The highest BCUT2D eigenvalue weighted by molar-refractivity contribution is 9.10. The third-order valence-electron chi connectivity index (χ3n) is 4.50. The number of nitrogens with zero attached hydrogens (tertiary/aromatic N) is 4. The smallest absolute Gasteiger partial charge is 0.293 e. The molecule has 0 bridgehead atoms. The van der Waals surface area contributed by atoms with Crippen LogP contribution in [0.15, 0.2) is 32.1 Å². The van der Waals surface area contributed by atoms with Gasteiger partial charge in [-0.25, -0.2) is 8.42 Å². The van der Waals surface area contributed by atoms with Crippen LogP contribution < -0.4 is 4.90 Å². The molecule has 3 rings (SSSR count). The van der Waals surface area contributed by atoms with Gasteiger partial charge in [-0.3, -0.25) is 10.1 Å². The lowest BCUT2D eigenvalue weighted by molar-refractivity contribution is -0.384. The highest BCUT2D eigenvalue weighted by atomic mass is 79.9. The average molecular weight is 459 g/mol. The molecular weight excluding hydrogens is 440 g/mol. The summed E-state index contributed by atoms with van der Waals surface area (Å²) in [6.45, 7) is 4.59. The van der Waals surface area contributed by atoms with Gasteiger partial charge < -0.3 is 9.42 Å². The second-order valence-electron chi connectivity index (χ2n) is 6.29. The van der Waals surface area contributed by atoms with E-state index >= 15 is 0 Å². The zero-order chi connectivity index (χ0) is 19.8. The summed E-state index contributed by atoms with van der Waals surface area (Å²) >= 11 is 3.25. The molecule has 0 aliphatic carbocycles. The molecule has 146 valence electrons. The van der Waals surface area contributed by atoms with Gasteiger partial charge in [0.2, 0.25) is 10.0 Å². The molecule has 0 amide bonds. The highest BCUT2D eigenvalue weighted by Crippen LogP contribution is 2.32. The Labute approximate surface area is 165 Å². The summed E-state index contributed by atoms with van der Waals surface area (Å²) in [5.41, 5.74) is 0.809. The van der Waals surface area contributed by atoms with Crippen LogP contribution in [-0.4, -0.2) is 49.0 Å². The van der Waals surface area contributed by atoms with Gasteiger partial charge in [0.05, 0.1) is 4.92 Å². The lowest BCUT2D eigenvalue weighted by atomic mass is 10.2. The van der Waals surface area contributed by atoms with Crippen LogP contribution >= 0.6 is 15.9 Å². The van der Waals surface area contributed by atoms with Gasteiger partial charge >= 0.3 is 0 Å². The Morgan fingerprint density at radius 2 is 1.96 bits per heavy atom. The summed E-state index contributed by atoms with van der Waals surface area (Å²) in [5.74, 6) is 0.261. The van der Waals surface area contributed by atoms with E-state index in [-0.39, 0.29) is 22.9 Å². The summed E-state index contributed by atoms with van der Waals surface area (Å²) in [6.07, 6.45) is 0.551. The summed E-state index contributed by atoms with van der Waals surface area (Å²) in [4.78, 5) is 12.9. The van der Waals surface area contributed by atoms with E-state index in [0.717, 1.165) is 0 Å². The molecule has 2 heterocycles. The average Bonchev–Trinajstić information content (AvgIpc) is 2.82. The SMILES string of the molecule is Cc1noc(C)c1S(=O)(=O)N1CCCN(c2ccc(Br)cc2[N+](=O)[O-])CC1. The van der Waals surface area contributed by atoms with E-state index in [1.165, 1.54) is 10.4 Å². The minimum Gasteiger partial charge on any atom is -0.365 e. The number of hydrogen-bond donors (Lipinski definition) is 0. The Balaban J connectivity index is 1.86. The van der Waals surface area contributed by atoms with E-state index in [4.69, 9.17) is 4.52 Å². The van der Waals surface area contributed by atoms with Crippen LogP contribution in [0, 0.1) is 24.0 Å². The third-order valence-corrected chi connectivity index (χ3v) is 7.13. The molecule has 1 aromatic carbocycles. The molecule has 0 N–H and O–H groups in total. The second-order valence-corrected chi connectivity index (χ2v) is 9.08. The number of rotatable bonds is 4. The van der Waals surface area contributed by atoms with Crippen molar-refractivity contribution in [3.8, 4) is 0 Å². The molecule has 1 aliphatic heterocycles. The Morgan fingerprint density at radius 1 is 1.22 bits per heavy atom. The summed E-state index contributed by atoms with van der Waals surface area (Å²) in [6, 6.07) is 4.88. The quantitative estimate of drug-likeness (QED) is 0.511. The van der Waals surface area contributed by atoms with Gasteiger partial charge in [0.1, 0.15) is 16.3 Å². The Morgan fingerprint density at radius 3 is 2.59 bits per heavy atom. The number of halogens is 1. The van der Waals surface area contributed by atoms with Crippen LogP contribution in [0.1, 0.15) is 17.9 Å². The van der Waals surface area contributed by atoms with Gasteiger partial charge in [-0.05, 0) is 32.4 Å². The van der Waals surface area contributed by atoms with Gasteiger partial charge in [0.25, 0.3) is 5.69 Å². The van der Waals surface area contributed by atoms with Crippen molar-refractivity contribution < 1.29 is 17.9 Å². The highest BCUT2D eigenvalue weighted by Gasteiger charge is 2.33. The molecule has 1 saturated heterocycles. The second kappa shape index (κ2) is 7.56. The summed E-state index contributed by atoms with van der Waals surface area (Å²) in [5, 5.41) is 15.1. The van der Waals surface area contributed by atoms with Crippen LogP contribution in [0.5, 0.6) is 0 Å². The number of hydrogen-bond acceptors (Lipinski definition) is 7. The Kier molecular flexibility index (Phi) is 5.54. The van der Waals surface area contributed by atoms with Crippen molar-refractivity contribution in [2.75, 3.05) is 31.1 Å². The number of nitro groups is 1. The van der Waals surface area contributed by atoms with Crippen molar-refractivity contribution >= 4 is 37.3 Å². The van der Waals surface area contributed by atoms with Gasteiger partial charge in [0, 0.05) is 36.7 Å². The topological polar surface area (TPSA) is 110 Å². The van der Waals surface area contributed by atoms with Crippen LogP contribution in [0.25, 0.3) is 0 Å². The van der Waals surface area contributed by atoms with E-state index in [1.54, 1.807) is 26.0 Å². The predicted molar refractivity (Wildman–Crippen MR) is 102 cm³/mol. The predicted octanol–water partition coefficient (Wildman–Crippen LogP) is 2.86. The van der Waals surface area contributed by atoms with E-state index in [9.17, 15) is 18.5 Å². The first-order valence-electron chi connectivity index (χ1n) is 8.33. The molecule has 0 saturated carbocycles. The van der Waals surface area contributed by atoms with Gasteiger partial charge in [-0.1, -0.05) is 21.1 Å². The summed E-state index contributed by atoms with van der Waals surface area (Å²) < 4.78 is 33.0. The number of anilines is 1. The monoisotopic (exact) mass is 458 g/mol. The number of nitro benzene ring substituents is 1. The molecule has 11 heteroatoms. The molecule has 2 aromatic rings. The minimum atomic E-state index is -3.73. The number of benzene rings is 1. The molecule has 0 atom stereocenters. The molecule has 1 aromatic heterocycles. The molecule has 0 radical (unpaired) electrons. The van der Waals surface area contributed by atoms with Crippen molar-refractivity contribution in [1.82, 2.24) is 9.46 Å². The number of aromatic nitrogens is 1. The normalized spacial score (nSPS) is 16.3. The first-order valence-corrected chi connectivity index (χ1v) is 10.6. The molecule has 1 fully saturated rings. The fourth-order valence-electron chi connectivity index (χ4n) is 3.26. The van der Waals surface area contributed by atoms with Crippen LogP contribution in [-0.2, 0) is 10.0 Å². The van der Waals surface area contributed by atoms with Crippen LogP contribution in [0.3, 0.4) is 0 Å². The maximum Gasteiger partial charge on any atom is 0.293 e. The maximum atomic E-state index is 13.0. The van der Waals surface area contributed by atoms with Crippen molar-refractivity contribution in [3.05, 3.63) is 44.2 Å². The number of aryl methyl sites for hydroxylation is 2. The lowest BCUT2D eigenvalue weighted by Gasteiger charge is -2.23. The first kappa shape index (κ1) is 19.8. The van der Waals surface area contributed by atoms with Crippen molar-refractivity contribution in [1.29, 1.82) is 0 Å². The molecule has 9 nitrogen and oxygen atoms in total. The maximum absolute atomic E-state index is 13.0. The van der Waals surface area contributed by atoms with Crippen molar-refractivity contribution in [2.45, 2.75) is 25.2 Å². The molecule has 1 aliphatic rings. The van der Waals surface area contributed by atoms with Gasteiger partial charge in [-0.2, -0.15) is 4.31 Å². The van der Waals surface area contributed by atoms with Crippen LogP contribution in [0.4, 0.5) is 11.4 Å². The van der Waals surface area contributed by atoms with Crippen LogP contribution in [0.2, 0.25) is 0 Å². The standard InChI is InChI=1S/C16H19BrN4O5S/c1-11-16(12(2)26-18-11)27(24,25)20-7-3-6-19(8-9-20)14-5-4-13(17)10-15(14)21(22)23/h4-5,10H,3,6-9H2,1-2H3. The Bertz CT molecular complexity index is 956. The fourth-order valence-corrected chi connectivity index (χ4v) is 5.37. The van der Waals surface area contributed by atoms with E-state index in [0.29, 0.717) is 41.9 Å². The Hall–Kier alpha value is -1.98. The third kappa shape index (κ3) is 3.85. The molecule has 27 heavy (non-hydrogen) atoms. The largest absolute Gasteiger partial charge is 0.365 e. The van der Waals surface area contributed by atoms with Crippen molar-refractivity contribution in [2.24, 2.45) is 0 Å². The zero-order valence-electron chi connectivity index (χ0n) is 14.9. The number of sulfonamides is 1. The lowest BCUT2D eigenvalue weighted by Crippen LogP contribution is -2.35. The van der Waals surface area contributed by atoms with E-state index in [1.807, 2.05) is 4.90 Å². The molecule has 0 spiro atoms. The van der Waals surface area contributed by atoms with E-state index < -0.39 is 14.9 Å². The van der Waals surface area contributed by atoms with E-state index in [2.05, 4.69) is 21.1 Å². The minimum absolute atomic E-state index is 0.00796. The molecular formula is C16H19BrN4O5S. The summed E-state index contributed by atoms with van der Waals surface area (Å²) in [7, 11) is -3.73. The zero-order valence-corrected chi connectivity index (χ0v) is 17.3. The fraction of sp³-hybridized carbons (Fsp3) is 0.438. The first-order chi connectivity index (χ1) is 12.7. The van der Waals surface area contributed by atoms with Gasteiger partial charge in [0.15, 0.2) is 5.76 Å². The van der Waals surface area contributed by atoms with Gasteiger partial charge in [-0.15, -0.1) is 0 Å². The van der Waals surface area contributed by atoms with Crippen molar-refractivity contribution in [3.63, 3.8) is 0 Å². The molecule has 0 unspecified atom stereocenters.